The number of carboxylic acids is 1. The Labute approximate surface area is 83.8 Å². The molecular weight excluding hydrogens is 182 g/mol. The Bertz CT molecular complexity index is 271. The van der Waals surface area contributed by atoms with E-state index in [4.69, 9.17) is 5.11 Å². The van der Waals surface area contributed by atoms with Crippen LogP contribution in [0, 0.1) is 0 Å². The van der Waals surface area contributed by atoms with E-state index in [1.54, 1.807) is 7.05 Å². The molecule has 0 radical (unpaired) electrons. The van der Waals surface area contributed by atoms with Crippen LogP contribution >= 0.6 is 0 Å². The standard InChI is InChI=1S/C6H10N2.C3H7NO2/c1-3-6-7-4-5-8(6)2;1-4-2-3(5)6/h4-5H,3H2,1-2H3;4H,2H2,1H3,(H,5,6). The molecule has 1 aromatic heterocycles. The molecule has 0 unspecified atom stereocenters. The molecule has 5 heteroatoms. The van der Waals surface area contributed by atoms with Crippen molar-refractivity contribution in [2.24, 2.45) is 7.05 Å². The fourth-order valence-electron chi connectivity index (χ4n) is 0.888. The van der Waals surface area contributed by atoms with Gasteiger partial charge >= 0.3 is 5.97 Å². The summed E-state index contributed by atoms with van der Waals surface area (Å²) in [6.45, 7) is 2.14. The summed E-state index contributed by atoms with van der Waals surface area (Å²) in [6.07, 6.45) is 4.79. The fraction of sp³-hybridized carbons (Fsp3) is 0.556. The number of rotatable bonds is 3. The van der Waals surface area contributed by atoms with Crippen LogP contribution in [-0.2, 0) is 18.3 Å². The number of imidazole rings is 1. The molecule has 5 nitrogen and oxygen atoms in total. The third-order valence-corrected chi connectivity index (χ3v) is 1.57. The predicted molar refractivity (Wildman–Crippen MR) is 54.1 cm³/mol. The highest BCUT2D eigenvalue weighted by atomic mass is 16.4. The molecule has 0 saturated heterocycles. The lowest BCUT2D eigenvalue weighted by Crippen LogP contribution is -2.16. The average Bonchev–Trinajstić information content (AvgIpc) is 2.51. The number of hydrogen-bond donors (Lipinski definition) is 2. The summed E-state index contributed by atoms with van der Waals surface area (Å²) in [5.41, 5.74) is 0. The lowest BCUT2D eigenvalue weighted by molar-refractivity contribution is -0.135. The first-order valence-electron chi connectivity index (χ1n) is 4.44. The number of aryl methyl sites for hydroxylation is 2. The Morgan fingerprint density at radius 1 is 1.71 bits per heavy atom. The maximum atomic E-state index is 9.54. The average molecular weight is 199 g/mol. The van der Waals surface area contributed by atoms with Crippen molar-refractivity contribution >= 4 is 5.97 Å². The van der Waals surface area contributed by atoms with Crippen molar-refractivity contribution in [1.82, 2.24) is 14.9 Å². The minimum atomic E-state index is -0.822. The van der Waals surface area contributed by atoms with Gasteiger partial charge in [-0.2, -0.15) is 0 Å². The highest BCUT2D eigenvalue weighted by molar-refractivity contribution is 5.68. The summed E-state index contributed by atoms with van der Waals surface area (Å²) in [5.74, 6) is 0.322. The van der Waals surface area contributed by atoms with E-state index in [1.807, 2.05) is 24.0 Å². The van der Waals surface area contributed by atoms with Gasteiger partial charge in [-0.3, -0.25) is 4.79 Å². The molecule has 1 rings (SSSR count). The van der Waals surface area contributed by atoms with E-state index in [0.717, 1.165) is 12.2 Å². The molecule has 0 aliphatic carbocycles. The zero-order valence-corrected chi connectivity index (χ0v) is 8.82. The quantitative estimate of drug-likeness (QED) is 0.733. The Morgan fingerprint density at radius 2 is 2.36 bits per heavy atom. The SMILES string of the molecule is CCc1nccn1C.CNCC(=O)O. The molecule has 1 aromatic rings. The molecule has 0 amide bonds. The van der Waals surface area contributed by atoms with Gasteiger partial charge in [-0.05, 0) is 7.05 Å². The van der Waals surface area contributed by atoms with Crippen LogP contribution in [0.15, 0.2) is 12.4 Å². The second-order valence-corrected chi connectivity index (χ2v) is 2.73. The van der Waals surface area contributed by atoms with E-state index in [-0.39, 0.29) is 6.54 Å². The van der Waals surface area contributed by atoms with E-state index in [1.165, 1.54) is 0 Å². The van der Waals surface area contributed by atoms with Crippen molar-refractivity contribution in [3.05, 3.63) is 18.2 Å². The van der Waals surface area contributed by atoms with Crippen LogP contribution in [-0.4, -0.2) is 34.2 Å². The van der Waals surface area contributed by atoms with E-state index in [9.17, 15) is 4.79 Å². The molecule has 1 heterocycles. The van der Waals surface area contributed by atoms with Crippen molar-refractivity contribution < 1.29 is 9.90 Å². The highest BCUT2D eigenvalue weighted by Crippen LogP contribution is 1.92. The van der Waals surface area contributed by atoms with Crippen molar-refractivity contribution in [3.63, 3.8) is 0 Å². The van der Waals surface area contributed by atoms with Gasteiger partial charge in [-0.15, -0.1) is 0 Å². The van der Waals surface area contributed by atoms with E-state index in [2.05, 4.69) is 17.2 Å². The largest absolute Gasteiger partial charge is 0.480 e. The molecular formula is C9H17N3O2. The van der Waals surface area contributed by atoms with Gasteiger partial charge in [0, 0.05) is 25.9 Å². The lowest BCUT2D eigenvalue weighted by Gasteiger charge is -1.92. The first-order valence-corrected chi connectivity index (χ1v) is 4.44. The predicted octanol–water partition coefficient (Wildman–Crippen LogP) is 0.273. The van der Waals surface area contributed by atoms with Gasteiger partial charge in [0.15, 0.2) is 0 Å². The number of carboxylic acid groups (broad SMARTS) is 1. The van der Waals surface area contributed by atoms with Gasteiger partial charge in [0.2, 0.25) is 0 Å². The second kappa shape index (κ2) is 7.08. The van der Waals surface area contributed by atoms with Gasteiger partial charge in [0.25, 0.3) is 0 Å². The number of aromatic nitrogens is 2. The number of nitrogens with one attached hydrogen (secondary N) is 1. The molecule has 0 aliphatic heterocycles. The topological polar surface area (TPSA) is 67.2 Å². The monoisotopic (exact) mass is 199 g/mol. The number of carbonyl (C=O) groups is 1. The van der Waals surface area contributed by atoms with E-state index >= 15 is 0 Å². The van der Waals surface area contributed by atoms with Crippen LogP contribution < -0.4 is 5.32 Å². The number of aliphatic carboxylic acids is 1. The summed E-state index contributed by atoms with van der Waals surface area (Å²) < 4.78 is 2.03. The fourth-order valence-corrected chi connectivity index (χ4v) is 0.888. The van der Waals surface area contributed by atoms with Crippen LogP contribution in [0.3, 0.4) is 0 Å². The maximum Gasteiger partial charge on any atom is 0.317 e. The molecule has 0 atom stereocenters. The molecule has 2 N–H and O–H groups in total. The van der Waals surface area contributed by atoms with Crippen molar-refractivity contribution in [1.29, 1.82) is 0 Å². The normalized spacial score (nSPS) is 9.07. The summed E-state index contributed by atoms with van der Waals surface area (Å²) in [6, 6.07) is 0. The third kappa shape index (κ3) is 5.31. The number of likely N-dealkylation sites (N-methyl/N-ethyl adjacent to an activating group) is 1. The molecule has 80 valence electrons. The third-order valence-electron chi connectivity index (χ3n) is 1.57. The minimum absolute atomic E-state index is 0.0417. The Morgan fingerprint density at radius 3 is 2.50 bits per heavy atom. The summed E-state index contributed by atoms with van der Waals surface area (Å²) in [7, 11) is 3.60. The van der Waals surface area contributed by atoms with Crippen molar-refractivity contribution in [2.75, 3.05) is 13.6 Å². The van der Waals surface area contributed by atoms with Crippen LogP contribution in [0.25, 0.3) is 0 Å². The molecule has 14 heavy (non-hydrogen) atoms. The van der Waals surface area contributed by atoms with Crippen LogP contribution in [0.5, 0.6) is 0 Å². The van der Waals surface area contributed by atoms with Crippen LogP contribution in [0.2, 0.25) is 0 Å². The molecule has 0 saturated carbocycles. The van der Waals surface area contributed by atoms with Crippen molar-refractivity contribution in [2.45, 2.75) is 13.3 Å². The first-order chi connectivity index (χ1) is 6.61. The lowest BCUT2D eigenvalue weighted by atomic mass is 10.5. The molecule has 0 spiro atoms. The van der Waals surface area contributed by atoms with Crippen LogP contribution in [0.4, 0.5) is 0 Å². The molecule has 0 bridgehead atoms. The summed E-state index contributed by atoms with van der Waals surface area (Å²) in [4.78, 5) is 13.6. The maximum absolute atomic E-state index is 9.54. The smallest absolute Gasteiger partial charge is 0.317 e. The Hall–Kier alpha value is -1.36. The van der Waals surface area contributed by atoms with Gasteiger partial charge in [-0.25, -0.2) is 4.98 Å². The molecule has 0 aromatic carbocycles. The second-order valence-electron chi connectivity index (χ2n) is 2.73. The van der Waals surface area contributed by atoms with Gasteiger partial charge in [0.05, 0.1) is 6.54 Å². The van der Waals surface area contributed by atoms with Gasteiger partial charge < -0.3 is 15.0 Å². The highest BCUT2D eigenvalue weighted by Gasteiger charge is 1.90. The minimum Gasteiger partial charge on any atom is -0.480 e. The summed E-state index contributed by atoms with van der Waals surface area (Å²) >= 11 is 0. The number of nitrogens with zero attached hydrogens (tertiary/aromatic N) is 2. The zero-order valence-electron chi connectivity index (χ0n) is 8.82. The van der Waals surface area contributed by atoms with Gasteiger partial charge in [0.1, 0.15) is 5.82 Å². The van der Waals surface area contributed by atoms with Crippen LogP contribution in [0.1, 0.15) is 12.7 Å². The first kappa shape index (κ1) is 12.6. The zero-order chi connectivity index (χ0) is 11.0. The molecule has 0 fully saturated rings. The van der Waals surface area contributed by atoms with Crippen molar-refractivity contribution in [3.8, 4) is 0 Å². The van der Waals surface area contributed by atoms with E-state index < -0.39 is 5.97 Å². The van der Waals surface area contributed by atoms with E-state index in [0.29, 0.717) is 0 Å². The van der Waals surface area contributed by atoms with Gasteiger partial charge in [-0.1, -0.05) is 6.92 Å². The number of hydrogen-bond acceptors (Lipinski definition) is 3. The Balaban J connectivity index is 0.000000255. The molecule has 0 aliphatic rings. The summed E-state index contributed by atoms with van der Waals surface area (Å²) in [5, 5.41) is 10.3. The Kier molecular flexibility index (Phi) is 6.39.